The Balaban J connectivity index is 2.24. The molecule has 3 atom stereocenters. The molecule has 0 bridgehead atoms. The lowest BCUT2D eigenvalue weighted by Gasteiger charge is -2.40. The zero-order valence-corrected chi connectivity index (χ0v) is 13.6. The van der Waals surface area contributed by atoms with Gasteiger partial charge in [0.05, 0.1) is 22.1 Å². The molecule has 1 heterocycles. The Kier molecular flexibility index (Phi) is 3.76. The number of aromatic nitrogens is 1. The number of carbonyl (C=O) groups excluding carboxylic acids is 1. The minimum Gasteiger partial charge on any atom is -0.389 e. The van der Waals surface area contributed by atoms with Gasteiger partial charge in [0.25, 0.3) is 5.69 Å². The van der Waals surface area contributed by atoms with Gasteiger partial charge >= 0.3 is 0 Å². The number of non-ortho nitro benzene ring substituents is 1. The van der Waals surface area contributed by atoms with E-state index in [4.69, 9.17) is 4.52 Å². The quantitative estimate of drug-likeness (QED) is 0.684. The van der Waals surface area contributed by atoms with E-state index in [2.05, 4.69) is 5.16 Å². The fraction of sp³-hybridized carbons (Fsp3) is 0.412. The molecule has 1 N–H and O–H groups in total. The molecule has 1 aliphatic carbocycles. The molecule has 0 unspecified atom stereocenters. The van der Waals surface area contributed by atoms with Crippen LogP contribution in [0, 0.1) is 23.0 Å². The van der Waals surface area contributed by atoms with E-state index >= 15 is 0 Å². The summed E-state index contributed by atoms with van der Waals surface area (Å²) in [5, 5.41) is 25.9. The molecule has 0 amide bonds. The molecular formula is C17H18N2O5. The van der Waals surface area contributed by atoms with E-state index in [0.29, 0.717) is 17.0 Å². The van der Waals surface area contributed by atoms with Gasteiger partial charge in [-0.2, -0.15) is 0 Å². The zero-order valence-electron chi connectivity index (χ0n) is 13.6. The Hall–Kier alpha value is -2.54. The van der Waals surface area contributed by atoms with Crippen molar-refractivity contribution in [3.05, 3.63) is 57.0 Å². The van der Waals surface area contributed by atoms with E-state index in [1.165, 1.54) is 19.1 Å². The number of ketones is 1. The lowest BCUT2D eigenvalue weighted by molar-refractivity contribution is -0.384. The SMILES string of the molecule is CC(=O)[C@@H]1[C@H](c2cccc([N+](=O)[O-])c2)c2c(noc2C)C[C@]1(C)O. The van der Waals surface area contributed by atoms with Crippen LogP contribution in [0.15, 0.2) is 28.8 Å². The fourth-order valence-electron chi connectivity index (χ4n) is 3.79. The number of rotatable bonds is 3. The minimum absolute atomic E-state index is 0.0596. The summed E-state index contributed by atoms with van der Waals surface area (Å²) in [6.45, 7) is 4.76. The molecule has 1 aromatic carbocycles. The summed E-state index contributed by atoms with van der Waals surface area (Å²) in [4.78, 5) is 22.9. The molecule has 0 aliphatic heterocycles. The van der Waals surface area contributed by atoms with E-state index in [1.54, 1.807) is 26.0 Å². The molecular weight excluding hydrogens is 312 g/mol. The summed E-state index contributed by atoms with van der Waals surface area (Å²) < 4.78 is 5.26. The van der Waals surface area contributed by atoms with E-state index in [1.807, 2.05) is 0 Å². The number of Topliss-reactive ketones (excluding diaryl/α,β-unsaturated/α-hetero) is 1. The van der Waals surface area contributed by atoms with Gasteiger partial charge in [-0.1, -0.05) is 17.3 Å². The molecule has 126 valence electrons. The van der Waals surface area contributed by atoms with E-state index < -0.39 is 22.4 Å². The van der Waals surface area contributed by atoms with Crippen LogP contribution in [-0.2, 0) is 11.2 Å². The number of aliphatic hydroxyl groups is 1. The average Bonchev–Trinajstić information content (AvgIpc) is 2.85. The van der Waals surface area contributed by atoms with Gasteiger partial charge in [-0.15, -0.1) is 0 Å². The maximum Gasteiger partial charge on any atom is 0.269 e. The highest BCUT2D eigenvalue weighted by molar-refractivity contribution is 5.82. The Bertz CT molecular complexity index is 824. The number of benzene rings is 1. The van der Waals surface area contributed by atoms with Crippen molar-refractivity contribution >= 4 is 11.5 Å². The summed E-state index contributed by atoms with van der Waals surface area (Å²) in [6.07, 6.45) is 0.204. The smallest absolute Gasteiger partial charge is 0.269 e. The number of fused-ring (bicyclic) bond motifs is 1. The molecule has 3 rings (SSSR count). The molecule has 0 spiro atoms. The van der Waals surface area contributed by atoms with Crippen LogP contribution in [0.3, 0.4) is 0 Å². The summed E-state index contributed by atoms with van der Waals surface area (Å²) in [5.41, 5.74) is 0.554. The first-order chi connectivity index (χ1) is 11.2. The third-order valence-corrected chi connectivity index (χ3v) is 4.70. The van der Waals surface area contributed by atoms with Crippen LogP contribution in [0.2, 0.25) is 0 Å². The molecule has 0 fully saturated rings. The first-order valence-electron chi connectivity index (χ1n) is 7.64. The van der Waals surface area contributed by atoms with Crippen molar-refractivity contribution in [2.75, 3.05) is 0 Å². The third kappa shape index (κ3) is 2.50. The van der Waals surface area contributed by atoms with E-state index in [-0.39, 0.29) is 17.9 Å². The second-order valence-electron chi connectivity index (χ2n) is 6.55. The molecule has 7 heteroatoms. The maximum atomic E-state index is 12.3. The Morgan fingerprint density at radius 1 is 1.50 bits per heavy atom. The van der Waals surface area contributed by atoms with Crippen molar-refractivity contribution in [2.24, 2.45) is 5.92 Å². The Morgan fingerprint density at radius 3 is 2.83 bits per heavy atom. The van der Waals surface area contributed by atoms with E-state index in [0.717, 1.165) is 5.56 Å². The van der Waals surface area contributed by atoms with Gasteiger partial charge in [-0.05, 0) is 26.3 Å². The van der Waals surface area contributed by atoms with Gasteiger partial charge in [0.1, 0.15) is 11.5 Å². The van der Waals surface area contributed by atoms with E-state index in [9.17, 15) is 20.0 Å². The highest BCUT2D eigenvalue weighted by Gasteiger charge is 2.49. The van der Waals surface area contributed by atoms with Crippen LogP contribution >= 0.6 is 0 Å². The number of carbonyl (C=O) groups is 1. The lowest BCUT2D eigenvalue weighted by atomic mass is 9.64. The van der Waals surface area contributed by atoms with Crippen LogP contribution in [-0.4, -0.2) is 26.6 Å². The van der Waals surface area contributed by atoms with Crippen LogP contribution in [0.25, 0.3) is 0 Å². The zero-order chi connectivity index (χ0) is 17.6. The second-order valence-corrected chi connectivity index (χ2v) is 6.55. The average molecular weight is 330 g/mol. The highest BCUT2D eigenvalue weighted by atomic mass is 16.6. The monoisotopic (exact) mass is 330 g/mol. The summed E-state index contributed by atoms with van der Waals surface area (Å²) in [6, 6.07) is 6.15. The van der Waals surface area contributed by atoms with Crippen LogP contribution in [0.5, 0.6) is 0 Å². The highest BCUT2D eigenvalue weighted by Crippen LogP contribution is 2.47. The van der Waals surface area contributed by atoms with Gasteiger partial charge in [-0.25, -0.2) is 0 Å². The summed E-state index contributed by atoms with van der Waals surface area (Å²) in [7, 11) is 0. The number of aryl methyl sites for hydroxylation is 1. The molecule has 24 heavy (non-hydrogen) atoms. The molecule has 0 saturated heterocycles. The van der Waals surface area contributed by atoms with Gasteiger partial charge < -0.3 is 9.63 Å². The van der Waals surface area contributed by atoms with Crippen molar-refractivity contribution < 1.29 is 19.3 Å². The molecule has 0 radical (unpaired) electrons. The first kappa shape index (κ1) is 16.3. The largest absolute Gasteiger partial charge is 0.389 e. The van der Waals surface area contributed by atoms with Crippen LogP contribution in [0.4, 0.5) is 5.69 Å². The lowest BCUT2D eigenvalue weighted by Crippen LogP contribution is -2.48. The van der Waals surface area contributed by atoms with Gasteiger partial charge in [0, 0.05) is 30.0 Å². The molecule has 2 aromatic rings. The molecule has 1 aliphatic rings. The van der Waals surface area contributed by atoms with Crippen molar-refractivity contribution in [1.29, 1.82) is 0 Å². The Morgan fingerprint density at radius 2 is 2.21 bits per heavy atom. The molecule has 0 saturated carbocycles. The van der Waals surface area contributed by atoms with Crippen LogP contribution in [0.1, 0.15) is 42.3 Å². The normalized spacial score (nSPS) is 26.0. The predicted molar refractivity (Wildman–Crippen MR) is 84.7 cm³/mol. The predicted octanol–water partition coefficient (Wildman–Crippen LogP) is 2.54. The van der Waals surface area contributed by atoms with Gasteiger partial charge in [0.15, 0.2) is 0 Å². The molecule has 7 nitrogen and oxygen atoms in total. The topological polar surface area (TPSA) is 106 Å². The van der Waals surface area contributed by atoms with Crippen molar-refractivity contribution in [3.8, 4) is 0 Å². The number of nitro groups is 1. The maximum absolute atomic E-state index is 12.3. The number of nitro benzene ring substituents is 1. The summed E-state index contributed by atoms with van der Waals surface area (Å²) in [5.74, 6) is -0.886. The van der Waals surface area contributed by atoms with Gasteiger partial charge in [0.2, 0.25) is 0 Å². The van der Waals surface area contributed by atoms with Crippen LogP contribution < -0.4 is 0 Å². The number of nitrogens with zero attached hydrogens (tertiary/aromatic N) is 2. The number of hydrogen-bond acceptors (Lipinski definition) is 6. The van der Waals surface area contributed by atoms with Gasteiger partial charge in [-0.3, -0.25) is 14.9 Å². The molecule has 1 aromatic heterocycles. The van der Waals surface area contributed by atoms with Crippen molar-refractivity contribution in [1.82, 2.24) is 5.16 Å². The Labute approximate surface area is 138 Å². The first-order valence-corrected chi connectivity index (χ1v) is 7.64. The van der Waals surface area contributed by atoms with Crippen molar-refractivity contribution in [3.63, 3.8) is 0 Å². The van der Waals surface area contributed by atoms with Crippen molar-refractivity contribution in [2.45, 2.75) is 38.7 Å². The standard InChI is InChI=1S/C17H18N2O5/c1-9(20)16-15(11-5-4-6-12(7-11)19(22)23)14-10(2)24-18-13(14)8-17(16,3)21/h4-7,15-16,21H,8H2,1-3H3/t15-,16-,17+/m1/s1. The third-order valence-electron chi connectivity index (χ3n) is 4.70. The number of hydrogen-bond donors (Lipinski definition) is 1. The second kappa shape index (κ2) is 5.52. The fourth-order valence-corrected chi connectivity index (χ4v) is 3.79. The minimum atomic E-state index is -1.31. The summed E-state index contributed by atoms with van der Waals surface area (Å²) >= 11 is 0.